The first-order chi connectivity index (χ1) is 13.8. The summed E-state index contributed by atoms with van der Waals surface area (Å²) in [5, 5.41) is 3.90. The van der Waals surface area contributed by atoms with Crippen LogP contribution in [0.4, 0.5) is 15.8 Å². The van der Waals surface area contributed by atoms with Crippen LogP contribution in [-0.4, -0.2) is 19.9 Å². The van der Waals surface area contributed by atoms with Crippen LogP contribution in [0.5, 0.6) is 0 Å². The Kier molecular flexibility index (Phi) is 5.00. The summed E-state index contributed by atoms with van der Waals surface area (Å²) in [6, 6.07) is 3.51. The molecule has 0 saturated heterocycles. The molecule has 0 unspecified atom stereocenters. The molecule has 4 rings (SSSR count). The van der Waals surface area contributed by atoms with E-state index in [0.717, 1.165) is 22.7 Å². The third-order valence-electron chi connectivity index (χ3n) is 4.90. The normalized spacial score (nSPS) is 14.6. The standard InChI is InChI=1S/C21H21ClFN5O/c1-10(2)18-17(27-16-6-7-24-20-19(16)25-11(3)26-20)9-14(21(29)28-18)13-8-12(22)4-5-15(13)23/h6-10H,4-5H2,1-3H3,(H,28,29)(H2,24,25,26,27). The number of halogens is 2. The SMILES string of the molecule is Cc1nc2nccc(Nc3cc(C4=C(F)CCC(Cl)=C4)c(=O)[nH]c3C(C)C)c2[nH]1. The van der Waals surface area contributed by atoms with Gasteiger partial charge in [-0.15, -0.1) is 0 Å². The molecule has 1 aliphatic carbocycles. The molecule has 0 spiro atoms. The Morgan fingerprint density at radius 1 is 1.24 bits per heavy atom. The summed E-state index contributed by atoms with van der Waals surface area (Å²) in [6.07, 6.45) is 3.83. The van der Waals surface area contributed by atoms with Crippen molar-refractivity contribution in [3.05, 3.63) is 62.7 Å². The van der Waals surface area contributed by atoms with E-state index >= 15 is 0 Å². The number of fused-ring (bicyclic) bond motifs is 1. The molecule has 29 heavy (non-hydrogen) atoms. The molecule has 8 heteroatoms. The number of nitrogens with one attached hydrogen (secondary N) is 3. The zero-order chi connectivity index (χ0) is 20.7. The molecule has 150 valence electrons. The van der Waals surface area contributed by atoms with Gasteiger partial charge in [0.1, 0.15) is 17.2 Å². The van der Waals surface area contributed by atoms with Crippen LogP contribution in [0.1, 0.15) is 49.7 Å². The molecular weight excluding hydrogens is 393 g/mol. The smallest absolute Gasteiger partial charge is 0.256 e. The second-order valence-corrected chi connectivity index (χ2v) is 7.89. The lowest BCUT2D eigenvalue weighted by atomic mass is 9.97. The zero-order valence-corrected chi connectivity index (χ0v) is 17.1. The summed E-state index contributed by atoms with van der Waals surface area (Å²) in [7, 11) is 0. The van der Waals surface area contributed by atoms with Crippen molar-refractivity contribution in [2.24, 2.45) is 0 Å². The van der Waals surface area contributed by atoms with Crippen molar-refractivity contribution in [2.45, 2.75) is 39.5 Å². The van der Waals surface area contributed by atoms with Crippen LogP contribution in [0.25, 0.3) is 16.7 Å². The van der Waals surface area contributed by atoms with E-state index in [1.165, 1.54) is 6.08 Å². The second-order valence-electron chi connectivity index (χ2n) is 7.41. The van der Waals surface area contributed by atoms with Crippen molar-refractivity contribution in [2.75, 3.05) is 5.32 Å². The van der Waals surface area contributed by atoms with E-state index in [0.29, 0.717) is 22.8 Å². The van der Waals surface area contributed by atoms with E-state index in [2.05, 4.69) is 25.3 Å². The highest BCUT2D eigenvalue weighted by Gasteiger charge is 2.20. The Morgan fingerprint density at radius 2 is 2.03 bits per heavy atom. The van der Waals surface area contributed by atoms with Gasteiger partial charge >= 0.3 is 0 Å². The molecule has 3 aromatic heterocycles. The minimum absolute atomic E-state index is 0.0457. The average molecular weight is 414 g/mol. The fourth-order valence-corrected chi connectivity index (χ4v) is 3.68. The number of aryl methyl sites for hydroxylation is 1. The highest BCUT2D eigenvalue weighted by atomic mass is 35.5. The lowest BCUT2D eigenvalue weighted by Crippen LogP contribution is -2.17. The highest BCUT2D eigenvalue weighted by Crippen LogP contribution is 2.34. The van der Waals surface area contributed by atoms with E-state index in [9.17, 15) is 9.18 Å². The monoisotopic (exact) mass is 413 g/mol. The van der Waals surface area contributed by atoms with Gasteiger partial charge in [0.2, 0.25) is 0 Å². The number of H-pyrrole nitrogens is 2. The lowest BCUT2D eigenvalue weighted by molar-refractivity contribution is 0.590. The van der Waals surface area contributed by atoms with Gasteiger partial charge in [-0.25, -0.2) is 14.4 Å². The maximum Gasteiger partial charge on any atom is 0.256 e. The topological polar surface area (TPSA) is 86.5 Å². The van der Waals surface area contributed by atoms with E-state index in [-0.39, 0.29) is 34.9 Å². The number of allylic oxidation sites excluding steroid dienone is 4. The molecule has 0 fully saturated rings. The summed E-state index contributed by atoms with van der Waals surface area (Å²) in [5.41, 5.74) is 3.68. The van der Waals surface area contributed by atoms with Crippen molar-refractivity contribution >= 4 is 39.7 Å². The molecule has 0 saturated carbocycles. The van der Waals surface area contributed by atoms with Crippen molar-refractivity contribution in [1.29, 1.82) is 0 Å². The van der Waals surface area contributed by atoms with Crippen molar-refractivity contribution < 1.29 is 4.39 Å². The first kappa shape index (κ1) is 19.4. The number of nitrogens with zero attached hydrogens (tertiary/aromatic N) is 2. The molecule has 0 aromatic carbocycles. The number of hydrogen-bond acceptors (Lipinski definition) is 4. The first-order valence-corrected chi connectivity index (χ1v) is 9.82. The molecule has 3 N–H and O–H groups in total. The Morgan fingerprint density at radius 3 is 2.79 bits per heavy atom. The molecule has 0 radical (unpaired) electrons. The van der Waals surface area contributed by atoms with Crippen LogP contribution in [0.2, 0.25) is 0 Å². The van der Waals surface area contributed by atoms with Gasteiger partial charge in [-0.05, 0) is 37.5 Å². The van der Waals surface area contributed by atoms with E-state index in [4.69, 9.17) is 11.6 Å². The van der Waals surface area contributed by atoms with Crippen LogP contribution in [0.3, 0.4) is 0 Å². The number of aromatic amines is 2. The molecule has 3 aromatic rings. The third-order valence-corrected chi connectivity index (χ3v) is 5.19. The maximum absolute atomic E-state index is 14.5. The third kappa shape index (κ3) is 3.70. The van der Waals surface area contributed by atoms with Gasteiger partial charge in [0.25, 0.3) is 5.56 Å². The van der Waals surface area contributed by atoms with E-state index < -0.39 is 0 Å². The molecule has 0 aliphatic heterocycles. The minimum Gasteiger partial charge on any atom is -0.352 e. The fraction of sp³-hybridized carbons (Fsp3) is 0.286. The van der Waals surface area contributed by atoms with Gasteiger partial charge in [0, 0.05) is 28.9 Å². The van der Waals surface area contributed by atoms with E-state index in [1.54, 1.807) is 12.3 Å². The van der Waals surface area contributed by atoms with Crippen LogP contribution < -0.4 is 10.9 Å². The maximum atomic E-state index is 14.5. The number of hydrogen-bond donors (Lipinski definition) is 3. The molecular formula is C21H21ClFN5O. The first-order valence-electron chi connectivity index (χ1n) is 9.44. The Balaban J connectivity index is 1.87. The summed E-state index contributed by atoms with van der Waals surface area (Å²) in [5.74, 6) is 0.463. The number of imidazole rings is 1. The molecule has 0 amide bonds. The fourth-order valence-electron chi connectivity index (χ4n) is 3.47. The summed E-state index contributed by atoms with van der Waals surface area (Å²) < 4.78 is 14.5. The Hall–Kier alpha value is -2.93. The Bertz CT molecular complexity index is 1220. The second kappa shape index (κ2) is 7.48. The summed E-state index contributed by atoms with van der Waals surface area (Å²) in [4.78, 5) is 27.5. The van der Waals surface area contributed by atoms with Gasteiger partial charge in [-0.1, -0.05) is 25.4 Å². The molecule has 0 bridgehead atoms. The van der Waals surface area contributed by atoms with Crippen molar-refractivity contribution in [1.82, 2.24) is 19.9 Å². The van der Waals surface area contributed by atoms with Crippen molar-refractivity contribution in [3.8, 4) is 0 Å². The van der Waals surface area contributed by atoms with Gasteiger partial charge in [0.05, 0.1) is 16.9 Å². The highest BCUT2D eigenvalue weighted by molar-refractivity contribution is 6.30. The minimum atomic E-state index is -0.343. The number of anilines is 2. The van der Waals surface area contributed by atoms with Crippen LogP contribution in [-0.2, 0) is 0 Å². The van der Waals surface area contributed by atoms with Gasteiger partial charge in [-0.3, -0.25) is 4.79 Å². The number of aromatic nitrogens is 4. The summed E-state index contributed by atoms with van der Waals surface area (Å²) >= 11 is 6.11. The van der Waals surface area contributed by atoms with Crippen LogP contribution in [0.15, 0.2) is 40.1 Å². The average Bonchev–Trinajstić information content (AvgIpc) is 3.06. The van der Waals surface area contributed by atoms with Crippen molar-refractivity contribution in [3.63, 3.8) is 0 Å². The molecule has 6 nitrogen and oxygen atoms in total. The quantitative estimate of drug-likeness (QED) is 0.533. The van der Waals surface area contributed by atoms with Gasteiger partial charge in [-0.2, -0.15) is 0 Å². The lowest BCUT2D eigenvalue weighted by Gasteiger charge is -2.18. The van der Waals surface area contributed by atoms with Gasteiger partial charge in [0.15, 0.2) is 5.65 Å². The number of rotatable bonds is 4. The molecule has 1 aliphatic rings. The summed E-state index contributed by atoms with van der Waals surface area (Å²) in [6.45, 7) is 5.82. The largest absolute Gasteiger partial charge is 0.352 e. The van der Waals surface area contributed by atoms with E-state index in [1.807, 2.05) is 26.8 Å². The number of pyridine rings is 2. The van der Waals surface area contributed by atoms with Gasteiger partial charge < -0.3 is 15.3 Å². The predicted octanol–water partition coefficient (Wildman–Crippen LogP) is 5.42. The predicted molar refractivity (Wildman–Crippen MR) is 114 cm³/mol. The molecule has 0 atom stereocenters. The Labute approximate surface area is 171 Å². The zero-order valence-electron chi connectivity index (χ0n) is 16.4. The van der Waals surface area contributed by atoms with Crippen LogP contribution >= 0.6 is 11.6 Å². The molecule has 3 heterocycles. The van der Waals surface area contributed by atoms with Crippen LogP contribution in [0, 0.1) is 6.92 Å².